The van der Waals surface area contributed by atoms with Gasteiger partial charge in [-0.1, -0.05) is 30.3 Å². The fraction of sp³-hybridized carbons (Fsp3) is 0.400. The van der Waals surface area contributed by atoms with E-state index >= 15 is 4.39 Å². The number of H-pyrrole nitrogens is 1. The van der Waals surface area contributed by atoms with Gasteiger partial charge in [-0.25, -0.2) is 14.4 Å². The number of methoxy groups -OCH3 is 1. The topological polar surface area (TPSA) is 150 Å². The van der Waals surface area contributed by atoms with Crippen LogP contribution in [0, 0.1) is 5.82 Å². The number of ether oxygens (including phenoxy) is 2. The number of carbonyl (C=O) groups excluding carboxylic acids is 1. The number of pyridine rings is 1. The van der Waals surface area contributed by atoms with Crippen LogP contribution in [0.1, 0.15) is 61.1 Å². The monoisotopic (exact) mass is 880 g/mol. The first-order valence-corrected chi connectivity index (χ1v) is 22.8. The summed E-state index contributed by atoms with van der Waals surface area (Å²) in [6.07, 6.45) is 11.1. The summed E-state index contributed by atoms with van der Waals surface area (Å²) in [6, 6.07) is 20.8. The van der Waals surface area contributed by atoms with Gasteiger partial charge in [0.2, 0.25) is 5.95 Å². The molecule has 2 saturated heterocycles. The van der Waals surface area contributed by atoms with Crippen molar-refractivity contribution < 1.29 is 18.7 Å². The SMILES string of the molecule is COc1ccc(C(=O)N2C[C@H](C)N(C3CCN(c4nc(C(CN)(OC5CC5)c5ccccc5F)c5cc(-c6cn(C)c(=O)c7[nH]ccc67)ccc5n4)CC3)C[C@H]2C)cc1N1C=CCNC1. The number of aromatic amines is 1. The van der Waals surface area contributed by atoms with Crippen LogP contribution in [0.15, 0.2) is 96.2 Å². The summed E-state index contributed by atoms with van der Waals surface area (Å²) in [7, 11) is 3.40. The maximum absolute atomic E-state index is 16.1. The van der Waals surface area contributed by atoms with Gasteiger partial charge in [-0.2, -0.15) is 0 Å². The lowest BCUT2D eigenvalue weighted by Gasteiger charge is -2.49. The molecular formula is C50H57FN10O4. The number of rotatable bonds is 11. The molecule has 14 nitrogen and oxygen atoms in total. The number of hydrogen-bond acceptors (Lipinski definition) is 11. The number of fused-ring (bicyclic) bond motifs is 2. The molecule has 1 amide bonds. The summed E-state index contributed by atoms with van der Waals surface area (Å²) in [5.41, 5.74) is 10.5. The Balaban J connectivity index is 0.936. The lowest BCUT2D eigenvalue weighted by molar-refractivity contribution is -0.0281. The number of amides is 1. The summed E-state index contributed by atoms with van der Waals surface area (Å²) in [5, 5.41) is 4.85. The number of aryl methyl sites for hydroxylation is 1. The Bertz CT molecular complexity index is 2850. The maximum atomic E-state index is 16.1. The molecule has 3 atom stereocenters. The van der Waals surface area contributed by atoms with Crippen LogP contribution in [-0.4, -0.2) is 113 Å². The van der Waals surface area contributed by atoms with Gasteiger partial charge in [0.1, 0.15) is 17.1 Å². The van der Waals surface area contributed by atoms with Crippen LogP contribution >= 0.6 is 0 Å². The van der Waals surface area contributed by atoms with Crippen molar-refractivity contribution in [3.63, 3.8) is 0 Å². The quantitative estimate of drug-likeness (QED) is 0.139. The Morgan fingerprint density at radius 1 is 0.969 bits per heavy atom. The Kier molecular flexibility index (Phi) is 11.4. The minimum atomic E-state index is -1.40. The highest BCUT2D eigenvalue weighted by Crippen LogP contribution is 2.44. The largest absolute Gasteiger partial charge is 0.495 e. The van der Waals surface area contributed by atoms with Crippen molar-refractivity contribution in [2.75, 3.05) is 62.8 Å². The molecule has 3 aromatic carbocycles. The van der Waals surface area contributed by atoms with Crippen LogP contribution in [0.2, 0.25) is 0 Å². The maximum Gasteiger partial charge on any atom is 0.274 e. The van der Waals surface area contributed by atoms with Gasteiger partial charge < -0.3 is 39.5 Å². The normalized spacial score (nSPS) is 20.7. The predicted molar refractivity (Wildman–Crippen MR) is 252 cm³/mol. The van der Waals surface area contributed by atoms with E-state index in [1.54, 1.807) is 37.1 Å². The number of nitrogens with two attached hydrogens (primary N) is 1. The summed E-state index contributed by atoms with van der Waals surface area (Å²) < 4.78 is 30.3. The zero-order valence-corrected chi connectivity index (χ0v) is 37.5. The number of nitrogens with zero attached hydrogens (tertiary/aromatic N) is 7. The van der Waals surface area contributed by atoms with E-state index in [4.69, 9.17) is 25.2 Å². The molecule has 4 aliphatic rings. The number of aromatic nitrogens is 4. The number of piperidine rings is 1. The van der Waals surface area contributed by atoms with Gasteiger partial charge in [0.05, 0.1) is 36.8 Å². The van der Waals surface area contributed by atoms with Gasteiger partial charge in [0.15, 0.2) is 5.60 Å². The third kappa shape index (κ3) is 7.83. The molecular weight excluding hydrogens is 824 g/mol. The van der Waals surface area contributed by atoms with Gasteiger partial charge >= 0.3 is 0 Å². The zero-order valence-electron chi connectivity index (χ0n) is 37.5. The minimum Gasteiger partial charge on any atom is -0.495 e. The van der Waals surface area contributed by atoms with E-state index in [9.17, 15) is 9.59 Å². The molecule has 1 saturated carbocycles. The van der Waals surface area contributed by atoms with Gasteiger partial charge in [-0.05, 0) is 87.6 Å². The zero-order chi connectivity index (χ0) is 45.0. The van der Waals surface area contributed by atoms with Gasteiger partial charge in [-0.15, -0.1) is 0 Å². The van der Waals surface area contributed by atoms with E-state index in [1.165, 1.54) is 6.07 Å². The van der Waals surface area contributed by atoms with Crippen molar-refractivity contribution in [2.24, 2.45) is 12.8 Å². The lowest BCUT2D eigenvalue weighted by atomic mass is 9.86. The molecule has 338 valence electrons. The number of carbonyl (C=O) groups is 1. The Morgan fingerprint density at radius 2 is 1.78 bits per heavy atom. The van der Waals surface area contributed by atoms with E-state index in [-0.39, 0.29) is 36.2 Å². The van der Waals surface area contributed by atoms with Crippen molar-refractivity contribution in [1.29, 1.82) is 0 Å². The van der Waals surface area contributed by atoms with Crippen molar-refractivity contribution in [3.05, 3.63) is 124 Å². The van der Waals surface area contributed by atoms with Gasteiger partial charge in [-0.3, -0.25) is 19.8 Å². The molecule has 6 heterocycles. The van der Waals surface area contributed by atoms with Crippen LogP contribution in [-0.2, 0) is 17.4 Å². The summed E-state index contributed by atoms with van der Waals surface area (Å²) in [5.74, 6) is 0.879. The molecule has 1 aliphatic carbocycles. The molecule has 0 bridgehead atoms. The van der Waals surface area contributed by atoms with Crippen molar-refractivity contribution in [2.45, 2.75) is 69.4 Å². The smallest absolute Gasteiger partial charge is 0.274 e. The van der Waals surface area contributed by atoms with Crippen LogP contribution in [0.3, 0.4) is 0 Å². The number of piperazine rings is 1. The molecule has 65 heavy (non-hydrogen) atoms. The van der Waals surface area contributed by atoms with E-state index in [0.29, 0.717) is 71.5 Å². The second-order valence-electron chi connectivity index (χ2n) is 18.1. The van der Waals surface area contributed by atoms with Crippen LogP contribution in [0.4, 0.5) is 16.0 Å². The Hall–Kier alpha value is -6.13. The minimum absolute atomic E-state index is 0.0124. The highest BCUT2D eigenvalue weighted by atomic mass is 19.1. The van der Waals surface area contributed by atoms with Gasteiger partial charge in [0.25, 0.3) is 11.5 Å². The molecule has 15 heteroatoms. The summed E-state index contributed by atoms with van der Waals surface area (Å²) in [6.45, 7) is 8.58. The fourth-order valence-corrected chi connectivity index (χ4v) is 10.2. The standard InChI is InChI=1S/C50H57FN10O4/c1-31-27-61(47(62)34-11-15-44(64-4)43(25-34)59-21-7-19-53-30-59)32(2)26-60(31)35-17-22-58(23-18-35)49-55-42-14-10-33(39-28-57(3)48(63)45-37(39)16-20-54-45)24-38(42)46(56-49)50(29-52,65-36-12-13-36)40-8-5-6-9-41(40)51/h5-11,14-16,20-21,24-25,28,31-32,35-36,53-54H,12-13,17-19,22-23,26-27,29-30,52H2,1-4H3/t31-,32+,50?/m0/s1. The van der Waals surface area contributed by atoms with E-state index in [1.807, 2.05) is 65.8 Å². The second-order valence-corrected chi connectivity index (χ2v) is 18.1. The van der Waals surface area contributed by atoms with Gasteiger partial charge in [0, 0.05) is 110 Å². The van der Waals surface area contributed by atoms with E-state index < -0.39 is 11.4 Å². The molecule has 0 radical (unpaired) electrons. The van der Waals surface area contributed by atoms with Crippen LogP contribution in [0.25, 0.3) is 32.9 Å². The lowest BCUT2D eigenvalue weighted by Crippen LogP contribution is -2.61. The molecule has 10 rings (SSSR count). The van der Waals surface area contributed by atoms with E-state index in [0.717, 1.165) is 66.7 Å². The van der Waals surface area contributed by atoms with Crippen LogP contribution in [0.5, 0.6) is 5.75 Å². The predicted octanol–water partition coefficient (Wildman–Crippen LogP) is 6.09. The van der Waals surface area contributed by atoms with Crippen molar-refractivity contribution >= 4 is 39.3 Å². The fourth-order valence-electron chi connectivity index (χ4n) is 10.2. The Labute approximate surface area is 377 Å². The summed E-state index contributed by atoms with van der Waals surface area (Å²) in [4.78, 5) is 49.7. The number of benzene rings is 3. The molecule has 4 N–H and O–H groups in total. The summed E-state index contributed by atoms with van der Waals surface area (Å²) >= 11 is 0. The highest BCUT2D eigenvalue weighted by Gasteiger charge is 2.45. The third-order valence-corrected chi connectivity index (χ3v) is 13.8. The molecule has 3 aromatic heterocycles. The highest BCUT2D eigenvalue weighted by molar-refractivity contribution is 5.98. The number of nitrogens with one attached hydrogen (secondary N) is 2. The van der Waals surface area contributed by atoms with Crippen molar-refractivity contribution in [1.82, 2.24) is 34.6 Å². The molecule has 1 unspecified atom stereocenters. The second kappa shape index (κ2) is 17.3. The number of anilines is 2. The molecule has 6 aromatic rings. The number of hydrogen-bond donors (Lipinski definition) is 3. The Morgan fingerprint density at radius 3 is 2.52 bits per heavy atom. The molecule has 3 fully saturated rings. The first kappa shape index (κ1) is 42.8. The number of halogens is 1. The molecule has 3 aliphatic heterocycles. The third-order valence-electron chi connectivity index (χ3n) is 13.8. The first-order valence-electron chi connectivity index (χ1n) is 22.8. The average Bonchev–Trinajstić information content (AvgIpc) is 4.02. The van der Waals surface area contributed by atoms with Crippen molar-refractivity contribution in [3.8, 4) is 16.9 Å². The van der Waals surface area contributed by atoms with E-state index in [2.05, 4.69) is 44.9 Å². The van der Waals surface area contributed by atoms with Crippen LogP contribution < -0.4 is 31.1 Å². The molecule has 0 spiro atoms. The first-order chi connectivity index (χ1) is 31.6. The average molecular weight is 881 g/mol.